The van der Waals surface area contributed by atoms with Crippen molar-refractivity contribution < 1.29 is 8.22 Å². The smallest absolute Gasteiger partial charge is 0.166 e. The quantitative estimate of drug-likeness (QED) is 0.175. The van der Waals surface area contributed by atoms with E-state index in [-0.39, 0.29) is 58.1 Å². The predicted molar refractivity (Wildman–Crippen MR) is 242 cm³/mol. The van der Waals surface area contributed by atoms with Crippen LogP contribution in [0, 0.1) is 0 Å². The van der Waals surface area contributed by atoms with Gasteiger partial charge in [0.25, 0.3) is 0 Å². The van der Waals surface area contributed by atoms with Crippen LogP contribution in [0.4, 0.5) is 0 Å². The van der Waals surface area contributed by atoms with Crippen molar-refractivity contribution in [1.82, 2.24) is 19.5 Å². The molecule has 0 fully saturated rings. The zero-order chi connectivity index (χ0) is 42.7. The average Bonchev–Trinajstić information content (AvgIpc) is 4.01. The third-order valence-corrected chi connectivity index (χ3v) is 13.0. The predicted octanol–water partition coefficient (Wildman–Crippen LogP) is 14.4. The van der Waals surface area contributed by atoms with Crippen LogP contribution >= 0.6 is 22.7 Å². The van der Waals surface area contributed by atoms with Crippen molar-refractivity contribution in [3.63, 3.8) is 0 Å². The van der Waals surface area contributed by atoms with Gasteiger partial charge in [0, 0.05) is 67.8 Å². The van der Waals surface area contributed by atoms with Crippen molar-refractivity contribution in [2.75, 3.05) is 0 Å². The maximum absolute atomic E-state index is 9.30. The number of hydrogen-bond acceptors (Lipinski definition) is 5. The fraction of sp³-hybridized carbons (Fsp3) is 0. The van der Waals surface area contributed by atoms with Crippen molar-refractivity contribution >= 4 is 84.8 Å². The zero-order valence-electron chi connectivity index (χ0n) is 36.0. The largest absolute Gasteiger partial charge is 0.309 e. The molecule has 8 aromatic carbocycles. The van der Waals surface area contributed by atoms with Gasteiger partial charge in [-0.15, -0.1) is 22.7 Å². The highest BCUT2D eigenvalue weighted by Crippen LogP contribution is 2.44. The molecule has 0 atom stereocenters. The second-order valence-corrected chi connectivity index (χ2v) is 16.0. The van der Waals surface area contributed by atoms with Gasteiger partial charge in [-0.25, -0.2) is 15.0 Å². The number of fused-ring (bicyclic) bond motifs is 9. The number of aromatic nitrogens is 4. The van der Waals surface area contributed by atoms with E-state index in [2.05, 4.69) is 66.7 Å². The maximum atomic E-state index is 9.30. The van der Waals surface area contributed by atoms with Gasteiger partial charge in [-0.05, 0) is 53.5 Å². The van der Waals surface area contributed by atoms with Crippen LogP contribution < -0.4 is 0 Å². The van der Waals surface area contributed by atoms with Crippen LogP contribution in [0.3, 0.4) is 0 Å². The van der Waals surface area contributed by atoms with Gasteiger partial charge >= 0.3 is 0 Å². The summed E-state index contributed by atoms with van der Waals surface area (Å²) in [5, 5.41) is 4.83. The van der Waals surface area contributed by atoms with E-state index in [4.69, 9.17) is 20.4 Å². The van der Waals surface area contributed by atoms with Crippen LogP contribution in [0.25, 0.3) is 113 Å². The van der Waals surface area contributed by atoms with Crippen molar-refractivity contribution in [3.8, 4) is 51.0 Å². The minimum absolute atomic E-state index is 0.0464. The molecule has 0 unspecified atom stereocenters. The number of benzene rings is 8. The first kappa shape index (κ1) is 26.8. The van der Waals surface area contributed by atoms with Crippen LogP contribution in [-0.4, -0.2) is 19.5 Å². The van der Waals surface area contributed by atoms with E-state index in [1.54, 1.807) is 27.2 Å². The Balaban J connectivity index is 1.23. The lowest BCUT2D eigenvalue weighted by atomic mass is 9.99. The molecule has 0 spiro atoms. The van der Waals surface area contributed by atoms with E-state index in [9.17, 15) is 2.74 Å². The van der Waals surface area contributed by atoms with Gasteiger partial charge in [0.2, 0.25) is 0 Å². The van der Waals surface area contributed by atoms with Crippen LogP contribution in [-0.2, 0) is 0 Å². The second kappa shape index (κ2) is 12.8. The number of hydrogen-bond donors (Lipinski definition) is 0. The lowest BCUT2D eigenvalue weighted by molar-refractivity contribution is 1.07. The van der Waals surface area contributed by atoms with Crippen molar-refractivity contribution in [2.24, 2.45) is 0 Å². The summed E-state index contributed by atoms with van der Waals surface area (Å²) in [6.07, 6.45) is 0. The normalized spacial score (nSPS) is 13.3. The Kier molecular flexibility index (Phi) is 6.00. The van der Waals surface area contributed by atoms with Gasteiger partial charge in [-0.2, -0.15) is 0 Å². The molecular weight excluding hydrogens is 733 g/mol. The van der Waals surface area contributed by atoms with Crippen LogP contribution in [0.2, 0.25) is 0 Å². The van der Waals surface area contributed by atoms with Crippen molar-refractivity contribution in [2.45, 2.75) is 0 Å². The third kappa shape index (κ3) is 5.08. The average molecular weight is 769 g/mol. The number of para-hydroxylation sites is 2. The highest BCUT2D eigenvalue weighted by Gasteiger charge is 2.22. The Bertz CT molecular complexity index is 3820. The van der Waals surface area contributed by atoms with Crippen LogP contribution in [0.5, 0.6) is 0 Å². The summed E-state index contributed by atoms with van der Waals surface area (Å²) in [4.78, 5) is 15.8. The molecule has 0 aliphatic rings. The van der Waals surface area contributed by atoms with E-state index in [1.165, 1.54) is 22.2 Å². The number of rotatable bonds is 5. The molecule has 4 nitrogen and oxygen atoms in total. The van der Waals surface area contributed by atoms with Gasteiger partial charge in [0.05, 0.1) is 24.9 Å². The standard InChI is InChI=1S/C51H30N4S2/c1-2-14-31(15-3-1)49-52-50(39-22-13-27-46-47(39)38-19-7-11-26-45(38)56-46)54-51(53-49)40-30-32(33-20-12-21-37-36-18-6-10-25-44(36)57-48(33)37)28-29-43(40)55-41-23-8-4-16-34(41)35-17-5-9-24-42(35)55/h1-30H/i4D,5D,16D,17D,23D,24D. The first-order valence-electron chi connectivity index (χ1n) is 21.5. The molecule has 0 aliphatic carbocycles. The van der Waals surface area contributed by atoms with Crippen LogP contribution in [0.15, 0.2) is 182 Å². The molecular formula is C51H30N4S2. The fourth-order valence-corrected chi connectivity index (χ4v) is 10.5. The molecule has 0 radical (unpaired) electrons. The first-order valence-corrected chi connectivity index (χ1v) is 20.2. The van der Waals surface area contributed by atoms with Gasteiger partial charge in [0.15, 0.2) is 17.5 Å². The Morgan fingerprint density at radius 2 is 1.04 bits per heavy atom. The summed E-state index contributed by atoms with van der Waals surface area (Å²) in [6, 6.07) is 46.9. The molecule has 12 aromatic rings. The Labute approximate surface area is 344 Å². The van der Waals surface area contributed by atoms with Gasteiger partial charge in [0.1, 0.15) is 0 Å². The van der Waals surface area contributed by atoms with E-state index in [0.717, 1.165) is 52.5 Å². The summed E-state index contributed by atoms with van der Waals surface area (Å²) < 4.78 is 60.4. The monoisotopic (exact) mass is 768 g/mol. The van der Waals surface area contributed by atoms with Gasteiger partial charge in [-0.3, -0.25) is 0 Å². The molecule has 0 bridgehead atoms. The molecule has 0 aliphatic heterocycles. The van der Waals surface area contributed by atoms with Gasteiger partial charge < -0.3 is 4.57 Å². The van der Waals surface area contributed by atoms with Gasteiger partial charge in [-0.1, -0.05) is 139 Å². The third-order valence-electron chi connectivity index (χ3n) is 10.6. The van der Waals surface area contributed by atoms with E-state index in [1.807, 2.05) is 66.7 Å². The first-order chi connectivity index (χ1) is 30.7. The molecule has 12 rings (SSSR count). The maximum Gasteiger partial charge on any atom is 0.166 e. The number of thiophene rings is 2. The highest BCUT2D eigenvalue weighted by atomic mass is 32.1. The summed E-state index contributed by atoms with van der Waals surface area (Å²) in [5.74, 6) is 1.27. The molecule has 0 amide bonds. The lowest BCUT2D eigenvalue weighted by Crippen LogP contribution is -2.04. The molecule has 266 valence electrons. The molecule has 0 saturated carbocycles. The number of nitrogens with zero attached hydrogens (tertiary/aromatic N) is 4. The molecule has 0 N–H and O–H groups in total. The Morgan fingerprint density at radius 1 is 0.421 bits per heavy atom. The van der Waals surface area contributed by atoms with Crippen molar-refractivity contribution in [3.05, 3.63) is 182 Å². The minimum Gasteiger partial charge on any atom is -0.309 e. The topological polar surface area (TPSA) is 43.6 Å². The molecule has 57 heavy (non-hydrogen) atoms. The van der Waals surface area contributed by atoms with Crippen molar-refractivity contribution in [1.29, 1.82) is 0 Å². The summed E-state index contributed by atoms with van der Waals surface area (Å²) >= 11 is 3.45. The second-order valence-electron chi connectivity index (χ2n) is 13.9. The molecule has 6 heteroatoms. The minimum atomic E-state index is -0.178. The van der Waals surface area contributed by atoms with Crippen LogP contribution in [0.1, 0.15) is 8.22 Å². The van der Waals surface area contributed by atoms with E-state index in [0.29, 0.717) is 28.7 Å². The Morgan fingerprint density at radius 3 is 1.82 bits per heavy atom. The summed E-state index contributed by atoms with van der Waals surface area (Å²) in [5.41, 5.74) is 5.13. The summed E-state index contributed by atoms with van der Waals surface area (Å²) in [7, 11) is 0. The Hall–Kier alpha value is -6.99. The lowest BCUT2D eigenvalue weighted by Gasteiger charge is -2.17. The molecule has 4 aromatic heterocycles. The molecule has 4 heterocycles. The SMILES string of the molecule is [2H]c1cc([2H])c2c(c1[2H])c1c([2H])c([2H])cc([2H])c1n2-c1ccc(-c2cccc3c2sc2ccccc23)cc1-c1nc(-c2ccccc2)nc(-c2cccc3sc4ccccc4c23)n1. The van der Waals surface area contributed by atoms with E-state index >= 15 is 0 Å². The van der Waals surface area contributed by atoms with E-state index < -0.39 is 0 Å². The molecule has 0 saturated heterocycles. The fourth-order valence-electron chi connectivity index (χ4n) is 8.10. The highest BCUT2D eigenvalue weighted by molar-refractivity contribution is 7.26. The zero-order valence-corrected chi connectivity index (χ0v) is 31.6. The summed E-state index contributed by atoms with van der Waals surface area (Å²) in [6.45, 7) is 0.